The van der Waals surface area contributed by atoms with Gasteiger partial charge in [-0.15, -0.1) is 0 Å². The van der Waals surface area contributed by atoms with Crippen LogP contribution in [0.3, 0.4) is 0 Å². The standard InChI is InChI=1S/C10H20NO2.C3H5NO.ClH/c1-8(2)10(12)13-9(3)7-11(4,5)6;1-2-3(4)5;/h9H,1,7H2,2-6H3;2H,1H2,(H2,4,5);1H/q+1;;/p-1. The monoisotopic (exact) mass is 292 g/mol. The van der Waals surface area contributed by atoms with Gasteiger partial charge in [-0.05, 0) is 19.9 Å². The van der Waals surface area contributed by atoms with Crippen LogP contribution < -0.4 is 18.1 Å². The Hall–Kier alpha value is -1.33. The minimum absolute atomic E-state index is 0. The van der Waals surface area contributed by atoms with Crippen LogP contribution >= 0.6 is 0 Å². The number of hydrogen-bond donors (Lipinski definition) is 1. The van der Waals surface area contributed by atoms with Crippen molar-refractivity contribution >= 4 is 11.9 Å². The molecule has 0 bridgehead atoms. The van der Waals surface area contributed by atoms with Crippen molar-refractivity contribution in [1.82, 2.24) is 0 Å². The van der Waals surface area contributed by atoms with Crippen LogP contribution in [0, 0.1) is 0 Å². The van der Waals surface area contributed by atoms with Gasteiger partial charge in [0.25, 0.3) is 0 Å². The van der Waals surface area contributed by atoms with E-state index in [1.165, 1.54) is 0 Å². The summed E-state index contributed by atoms with van der Waals surface area (Å²) in [5.41, 5.74) is 4.99. The highest BCUT2D eigenvalue weighted by atomic mass is 35.5. The molecule has 0 saturated carbocycles. The smallest absolute Gasteiger partial charge is 0.333 e. The van der Waals surface area contributed by atoms with Gasteiger partial charge in [-0.3, -0.25) is 4.79 Å². The number of hydrogen-bond acceptors (Lipinski definition) is 3. The third-order valence-corrected chi connectivity index (χ3v) is 1.66. The molecule has 0 aliphatic rings. The highest BCUT2D eigenvalue weighted by molar-refractivity contribution is 5.87. The van der Waals surface area contributed by atoms with Gasteiger partial charge in [0.2, 0.25) is 5.91 Å². The van der Waals surface area contributed by atoms with E-state index >= 15 is 0 Å². The number of primary amides is 1. The van der Waals surface area contributed by atoms with Crippen molar-refractivity contribution in [3.05, 3.63) is 24.8 Å². The van der Waals surface area contributed by atoms with Gasteiger partial charge in [0.1, 0.15) is 12.6 Å². The first-order valence-electron chi connectivity index (χ1n) is 5.58. The number of ether oxygens (including phenoxy) is 1. The number of likely N-dealkylation sites (N-methyl/N-ethyl adjacent to an activating group) is 1. The molecule has 0 aromatic heterocycles. The molecule has 5 nitrogen and oxygen atoms in total. The van der Waals surface area contributed by atoms with E-state index in [-0.39, 0.29) is 24.5 Å². The fourth-order valence-electron chi connectivity index (χ4n) is 1.09. The van der Waals surface area contributed by atoms with Crippen LogP contribution in [-0.2, 0) is 14.3 Å². The number of amides is 1. The van der Waals surface area contributed by atoms with Gasteiger partial charge in [0.15, 0.2) is 0 Å². The number of esters is 1. The Balaban J connectivity index is -0.000000366. The van der Waals surface area contributed by atoms with E-state index in [9.17, 15) is 9.59 Å². The third kappa shape index (κ3) is 19.2. The number of nitrogens with zero attached hydrogens (tertiary/aromatic N) is 1. The van der Waals surface area contributed by atoms with Gasteiger partial charge in [-0.25, -0.2) is 4.79 Å². The van der Waals surface area contributed by atoms with Crippen LogP contribution in [-0.4, -0.2) is 50.2 Å². The Morgan fingerprint density at radius 2 is 1.74 bits per heavy atom. The molecule has 0 rings (SSSR count). The molecule has 0 saturated heterocycles. The molecule has 0 aromatic rings. The summed E-state index contributed by atoms with van der Waals surface area (Å²) < 4.78 is 5.92. The van der Waals surface area contributed by atoms with Crippen molar-refractivity contribution in [2.45, 2.75) is 20.0 Å². The molecule has 6 heteroatoms. The lowest BCUT2D eigenvalue weighted by Crippen LogP contribution is -3.00. The molecule has 0 spiro atoms. The fraction of sp³-hybridized carbons (Fsp3) is 0.538. The number of nitrogens with two attached hydrogens (primary N) is 1. The SMILES string of the molecule is C=C(C)C(=O)OC(C)C[N+](C)(C)C.C=CC(N)=O.[Cl-]. The predicted octanol–water partition coefficient (Wildman–Crippen LogP) is -2.14. The van der Waals surface area contributed by atoms with Gasteiger partial charge in [-0.2, -0.15) is 0 Å². The normalized spacial score (nSPS) is 11.0. The zero-order valence-corrected chi connectivity index (χ0v) is 13.2. The summed E-state index contributed by atoms with van der Waals surface area (Å²) in [5.74, 6) is -0.786. The van der Waals surface area contributed by atoms with E-state index in [4.69, 9.17) is 4.74 Å². The van der Waals surface area contributed by atoms with Gasteiger partial charge >= 0.3 is 5.97 Å². The Labute approximate surface area is 122 Å². The summed E-state index contributed by atoms with van der Waals surface area (Å²) in [6.07, 6.45) is 0.990. The lowest BCUT2D eigenvalue weighted by atomic mass is 10.3. The first-order chi connectivity index (χ1) is 7.99. The molecule has 0 heterocycles. The summed E-state index contributed by atoms with van der Waals surface area (Å²) in [7, 11) is 6.18. The molecule has 0 fully saturated rings. The molecular formula is C13H25ClN2O3. The average Bonchev–Trinajstić information content (AvgIpc) is 2.15. The molecule has 2 N–H and O–H groups in total. The summed E-state index contributed by atoms with van der Waals surface area (Å²) in [4.78, 5) is 20.6. The Kier molecular flexibility index (Phi) is 12.7. The van der Waals surface area contributed by atoms with Crippen molar-refractivity contribution in [1.29, 1.82) is 0 Å². The maximum absolute atomic E-state index is 11.1. The fourth-order valence-corrected chi connectivity index (χ4v) is 1.09. The molecule has 0 aromatic carbocycles. The van der Waals surface area contributed by atoms with Crippen LogP contribution in [0.15, 0.2) is 24.8 Å². The highest BCUT2D eigenvalue weighted by Crippen LogP contribution is 2.02. The second-order valence-electron chi connectivity index (χ2n) is 5.08. The van der Waals surface area contributed by atoms with E-state index in [2.05, 4.69) is 40.0 Å². The maximum atomic E-state index is 11.1. The second kappa shape index (κ2) is 10.6. The third-order valence-electron chi connectivity index (χ3n) is 1.66. The highest BCUT2D eigenvalue weighted by Gasteiger charge is 2.17. The molecule has 19 heavy (non-hydrogen) atoms. The lowest BCUT2D eigenvalue weighted by molar-refractivity contribution is -0.873. The number of halogens is 1. The molecule has 0 radical (unpaired) electrons. The van der Waals surface area contributed by atoms with Crippen molar-refractivity contribution in [3.8, 4) is 0 Å². The van der Waals surface area contributed by atoms with E-state index in [0.29, 0.717) is 5.57 Å². The van der Waals surface area contributed by atoms with Crippen molar-refractivity contribution in [3.63, 3.8) is 0 Å². The number of quaternary nitrogens is 1. The molecule has 1 unspecified atom stereocenters. The van der Waals surface area contributed by atoms with Crippen LogP contribution in [0.1, 0.15) is 13.8 Å². The topological polar surface area (TPSA) is 69.4 Å². The first-order valence-corrected chi connectivity index (χ1v) is 5.58. The van der Waals surface area contributed by atoms with E-state index in [1.54, 1.807) is 6.92 Å². The minimum atomic E-state index is -0.481. The van der Waals surface area contributed by atoms with E-state index in [1.807, 2.05) is 6.92 Å². The zero-order chi connectivity index (χ0) is 14.9. The molecular weight excluding hydrogens is 268 g/mol. The molecule has 0 aliphatic heterocycles. The molecule has 112 valence electrons. The Bertz CT molecular complexity index is 322. The minimum Gasteiger partial charge on any atom is -1.00 e. The van der Waals surface area contributed by atoms with Crippen molar-refractivity contribution < 1.29 is 31.2 Å². The van der Waals surface area contributed by atoms with Crippen molar-refractivity contribution in [2.75, 3.05) is 27.7 Å². The Morgan fingerprint density at radius 3 is 1.95 bits per heavy atom. The Morgan fingerprint density at radius 1 is 1.37 bits per heavy atom. The zero-order valence-electron chi connectivity index (χ0n) is 12.4. The van der Waals surface area contributed by atoms with Gasteiger partial charge < -0.3 is 27.4 Å². The largest absolute Gasteiger partial charge is 1.00 e. The number of carbonyl (C=O) groups is 2. The van der Waals surface area contributed by atoms with Crippen LogP contribution in [0.25, 0.3) is 0 Å². The van der Waals surface area contributed by atoms with Gasteiger partial charge in [0, 0.05) is 5.57 Å². The van der Waals surface area contributed by atoms with Gasteiger partial charge in [0.05, 0.1) is 21.1 Å². The lowest BCUT2D eigenvalue weighted by Gasteiger charge is -2.27. The quantitative estimate of drug-likeness (QED) is 0.357. The van der Waals surface area contributed by atoms with Crippen molar-refractivity contribution in [2.24, 2.45) is 5.73 Å². The van der Waals surface area contributed by atoms with Crippen LogP contribution in [0.5, 0.6) is 0 Å². The first kappa shape index (κ1) is 22.8. The maximum Gasteiger partial charge on any atom is 0.333 e. The van der Waals surface area contributed by atoms with E-state index in [0.717, 1.165) is 17.1 Å². The predicted molar refractivity (Wildman–Crippen MR) is 72.7 cm³/mol. The van der Waals surface area contributed by atoms with Crippen LogP contribution in [0.4, 0.5) is 0 Å². The summed E-state index contributed by atoms with van der Waals surface area (Å²) >= 11 is 0. The summed E-state index contributed by atoms with van der Waals surface area (Å²) in [5, 5.41) is 0. The van der Waals surface area contributed by atoms with Gasteiger partial charge in [-0.1, -0.05) is 13.2 Å². The summed E-state index contributed by atoms with van der Waals surface area (Å²) in [6, 6.07) is 0. The number of rotatable bonds is 5. The second-order valence-corrected chi connectivity index (χ2v) is 5.08. The summed E-state index contributed by atoms with van der Waals surface area (Å²) in [6.45, 7) is 11.0. The number of carbonyl (C=O) groups excluding carboxylic acids is 2. The van der Waals surface area contributed by atoms with E-state index < -0.39 is 5.91 Å². The molecule has 1 amide bonds. The average molecular weight is 293 g/mol. The molecule has 0 aliphatic carbocycles. The molecule has 1 atom stereocenters. The van der Waals surface area contributed by atoms with Crippen LogP contribution in [0.2, 0.25) is 0 Å².